The van der Waals surface area contributed by atoms with E-state index in [1.807, 2.05) is 6.92 Å². The number of pyridine rings is 1. The molecule has 70 valence electrons. The highest BCUT2D eigenvalue weighted by atomic mass is 19.1. The van der Waals surface area contributed by atoms with E-state index < -0.39 is 5.95 Å². The molecule has 2 nitrogen and oxygen atoms in total. The summed E-state index contributed by atoms with van der Waals surface area (Å²) in [5, 5.41) is 0. The summed E-state index contributed by atoms with van der Waals surface area (Å²) in [6.45, 7) is 5.60. The van der Waals surface area contributed by atoms with Crippen molar-refractivity contribution in [2.24, 2.45) is 5.73 Å². The standard InChI is InChI=1S/C10H13FN2/c1-7(2)6-9(12)8-4-3-5-13-10(8)11/h3-5,9H,1,6,12H2,2H3/t9-/m1/s1. The third-order valence-corrected chi connectivity index (χ3v) is 1.76. The van der Waals surface area contributed by atoms with Crippen molar-refractivity contribution in [1.29, 1.82) is 0 Å². The number of hydrogen-bond acceptors (Lipinski definition) is 2. The van der Waals surface area contributed by atoms with Crippen molar-refractivity contribution in [1.82, 2.24) is 4.98 Å². The first kappa shape index (κ1) is 9.86. The van der Waals surface area contributed by atoms with Crippen LogP contribution in [0.5, 0.6) is 0 Å². The monoisotopic (exact) mass is 180 g/mol. The number of hydrogen-bond donors (Lipinski definition) is 1. The van der Waals surface area contributed by atoms with Gasteiger partial charge in [0, 0.05) is 17.8 Å². The van der Waals surface area contributed by atoms with Gasteiger partial charge in [-0.05, 0) is 19.4 Å². The van der Waals surface area contributed by atoms with E-state index in [4.69, 9.17) is 5.73 Å². The molecular formula is C10H13FN2. The van der Waals surface area contributed by atoms with Gasteiger partial charge in [0.2, 0.25) is 5.95 Å². The van der Waals surface area contributed by atoms with Gasteiger partial charge < -0.3 is 5.73 Å². The van der Waals surface area contributed by atoms with E-state index in [-0.39, 0.29) is 6.04 Å². The molecule has 0 saturated heterocycles. The molecule has 1 aromatic heterocycles. The Bertz CT molecular complexity index is 310. The summed E-state index contributed by atoms with van der Waals surface area (Å²) in [5.74, 6) is -0.490. The normalized spacial score (nSPS) is 12.5. The van der Waals surface area contributed by atoms with Crippen molar-refractivity contribution >= 4 is 0 Å². The molecule has 0 unspecified atom stereocenters. The summed E-state index contributed by atoms with van der Waals surface area (Å²) in [7, 11) is 0. The Morgan fingerprint density at radius 2 is 2.46 bits per heavy atom. The Hall–Kier alpha value is -1.22. The smallest absolute Gasteiger partial charge is 0.217 e. The van der Waals surface area contributed by atoms with Crippen LogP contribution in [0, 0.1) is 5.95 Å². The maximum atomic E-state index is 13.1. The molecule has 13 heavy (non-hydrogen) atoms. The lowest BCUT2D eigenvalue weighted by molar-refractivity contribution is 0.543. The molecule has 0 radical (unpaired) electrons. The molecule has 3 heteroatoms. The van der Waals surface area contributed by atoms with Crippen LogP contribution in [0.15, 0.2) is 30.5 Å². The van der Waals surface area contributed by atoms with Crippen LogP contribution in [-0.2, 0) is 0 Å². The third kappa shape index (κ3) is 2.63. The summed E-state index contributed by atoms with van der Waals surface area (Å²) >= 11 is 0. The number of nitrogens with zero attached hydrogens (tertiary/aromatic N) is 1. The van der Waals surface area contributed by atoms with Crippen molar-refractivity contribution < 1.29 is 4.39 Å². The minimum absolute atomic E-state index is 0.341. The summed E-state index contributed by atoms with van der Waals surface area (Å²) in [6, 6.07) is 2.98. The van der Waals surface area contributed by atoms with Crippen molar-refractivity contribution in [3.63, 3.8) is 0 Å². The van der Waals surface area contributed by atoms with Gasteiger partial charge in [-0.3, -0.25) is 0 Å². The topological polar surface area (TPSA) is 38.9 Å². The Labute approximate surface area is 77.3 Å². The molecule has 0 spiro atoms. The van der Waals surface area contributed by atoms with Crippen LogP contribution < -0.4 is 5.73 Å². The van der Waals surface area contributed by atoms with E-state index in [1.165, 1.54) is 6.20 Å². The van der Waals surface area contributed by atoms with Crippen LogP contribution in [0.4, 0.5) is 4.39 Å². The van der Waals surface area contributed by atoms with Gasteiger partial charge in [-0.1, -0.05) is 11.6 Å². The Balaban J connectivity index is 2.82. The van der Waals surface area contributed by atoms with Crippen LogP contribution in [0.1, 0.15) is 24.9 Å². The zero-order chi connectivity index (χ0) is 9.84. The molecular weight excluding hydrogens is 167 g/mol. The molecule has 1 rings (SSSR count). The molecule has 0 amide bonds. The molecule has 0 aliphatic heterocycles. The Morgan fingerprint density at radius 3 is 3.00 bits per heavy atom. The molecule has 1 heterocycles. The molecule has 1 atom stereocenters. The van der Waals surface area contributed by atoms with Gasteiger partial charge in [0.1, 0.15) is 0 Å². The lowest BCUT2D eigenvalue weighted by Gasteiger charge is -2.11. The summed E-state index contributed by atoms with van der Waals surface area (Å²) in [6.07, 6.45) is 1.99. The highest BCUT2D eigenvalue weighted by molar-refractivity contribution is 5.17. The highest BCUT2D eigenvalue weighted by Gasteiger charge is 2.11. The first-order valence-corrected chi connectivity index (χ1v) is 4.11. The first-order valence-electron chi connectivity index (χ1n) is 4.11. The third-order valence-electron chi connectivity index (χ3n) is 1.76. The minimum Gasteiger partial charge on any atom is -0.324 e. The molecule has 1 aromatic rings. The van der Waals surface area contributed by atoms with E-state index >= 15 is 0 Å². The van der Waals surface area contributed by atoms with Crippen LogP contribution >= 0.6 is 0 Å². The van der Waals surface area contributed by atoms with Gasteiger partial charge in [0.05, 0.1) is 0 Å². The van der Waals surface area contributed by atoms with Crippen LogP contribution in [0.2, 0.25) is 0 Å². The molecule has 0 aliphatic rings. The van der Waals surface area contributed by atoms with Crippen LogP contribution in [0.3, 0.4) is 0 Å². The molecule has 2 N–H and O–H groups in total. The Kier molecular flexibility index (Phi) is 3.14. The lowest BCUT2D eigenvalue weighted by atomic mass is 10.0. The largest absolute Gasteiger partial charge is 0.324 e. The second kappa shape index (κ2) is 4.14. The van der Waals surface area contributed by atoms with Gasteiger partial charge in [-0.15, -0.1) is 6.58 Å². The maximum Gasteiger partial charge on any atom is 0.217 e. The van der Waals surface area contributed by atoms with Crippen molar-refractivity contribution in [3.05, 3.63) is 42.0 Å². The van der Waals surface area contributed by atoms with Gasteiger partial charge in [-0.2, -0.15) is 4.39 Å². The lowest BCUT2D eigenvalue weighted by Crippen LogP contribution is -2.12. The number of halogens is 1. The van der Waals surface area contributed by atoms with Crippen LogP contribution in [0.25, 0.3) is 0 Å². The average molecular weight is 180 g/mol. The second-order valence-electron chi connectivity index (χ2n) is 3.15. The van der Waals surface area contributed by atoms with Gasteiger partial charge in [0.15, 0.2) is 0 Å². The predicted octanol–water partition coefficient (Wildman–Crippen LogP) is 2.19. The van der Waals surface area contributed by atoms with Crippen molar-refractivity contribution in [3.8, 4) is 0 Å². The number of aromatic nitrogens is 1. The average Bonchev–Trinajstić information content (AvgIpc) is 2.03. The molecule has 0 bridgehead atoms. The highest BCUT2D eigenvalue weighted by Crippen LogP contribution is 2.18. The van der Waals surface area contributed by atoms with E-state index in [0.29, 0.717) is 12.0 Å². The zero-order valence-corrected chi connectivity index (χ0v) is 7.63. The van der Waals surface area contributed by atoms with Gasteiger partial charge >= 0.3 is 0 Å². The fourth-order valence-electron chi connectivity index (χ4n) is 1.16. The molecule has 0 aromatic carbocycles. The quantitative estimate of drug-likeness (QED) is 0.572. The molecule has 0 aliphatic carbocycles. The van der Waals surface area contributed by atoms with E-state index in [1.54, 1.807) is 12.1 Å². The first-order chi connectivity index (χ1) is 6.11. The van der Waals surface area contributed by atoms with E-state index in [9.17, 15) is 4.39 Å². The van der Waals surface area contributed by atoms with Gasteiger partial charge in [0.25, 0.3) is 0 Å². The van der Waals surface area contributed by atoms with Crippen molar-refractivity contribution in [2.75, 3.05) is 0 Å². The summed E-state index contributed by atoms with van der Waals surface area (Å²) in [5.41, 5.74) is 7.15. The Morgan fingerprint density at radius 1 is 1.77 bits per heavy atom. The van der Waals surface area contributed by atoms with E-state index in [0.717, 1.165) is 5.57 Å². The fraction of sp³-hybridized carbons (Fsp3) is 0.300. The molecule has 0 saturated carbocycles. The summed E-state index contributed by atoms with van der Waals surface area (Å²) in [4.78, 5) is 3.53. The maximum absolute atomic E-state index is 13.1. The zero-order valence-electron chi connectivity index (χ0n) is 7.63. The van der Waals surface area contributed by atoms with Gasteiger partial charge in [-0.25, -0.2) is 4.98 Å². The SMILES string of the molecule is C=C(C)C[C@@H](N)c1cccnc1F. The van der Waals surface area contributed by atoms with E-state index in [2.05, 4.69) is 11.6 Å². The fourth-order valence-corrected chi connectivity index (χ4v) is 1.16. The van der Waals surface area contributed by atoms with Crippen LogP contribution in [-0.4, -0.2) is 4.98 Å². The molecule has 0 fully saturated rings. The minimum atomic E-state index is -0.490. The number of nitrogens with two attached hydrogens (primary N) is 1. The second-order valence-corrected chi connectivity index (χ2v) is 3.15. The summed E-state index contributed by atoms with van der Waals surface area (Å²) < 4.78 is 13.1. The number of rotatable bonds is 3. The predicted molar refractivity (Wildman–Crippen MR) is 50.6 cm³/mol. The van der Waals surface area contributed by atoms with Crippen molar-refractivity contribution in [2.45, 2.75) is 19.4 Å².